The van der Waals surface area contributed by atoms with E-state index >= 15 is 0 Å². The third-order valence-corrected chi connectivity index (χ3v) is 4.21. The lowest BCUT2D eigenvalue weighted by molar-refractivity contribution is -0.141. The highest BCUT2D eigenvalue weighted by Crippen LogP contribution is 2.30. The van der Waals surface area contributed by atoms with E-state index in [9.17, 15) is 18.0 Å². The predicted molar refractivity (Wildman–Crippen MR) is 79.2 cm³/mol. The number of aryl methyl sites for hydroxylation is 2. The van der Waals surface area contributed by atoms with E-state index in [2.05, 4.69) is 10.1 Å². The Kier molecular flexibility index (Phi) is 4.10. The summed E-state index contributed by atoms with van der Waals surface area (Å²) in [5.41, 5.74) is -0.351. The third kappa shape index (κ3) is 3.29. The highest BCUT2D eigenvalue weighted by molar-refractivity contribution is 5.93. The minimum atomic E-state index is -4.42. The first kappa shape index (κ1) is 16.5. The van der Waals surface area contributed by atoms with Crippen molar-refractivity contribution in [2.75, 3.05) is 13.6 Å². The van der Waals surface area contributed by atoms with Crippen LogP contribution in [0.1, 0.15) is 28.3 Å². The lowest BCUT2D eigenvalue weighted by Crippen LogP contribution is -2.35. The predicted octanol–water partition coefficient (Wildman–Crippen LogP) is 1.97. The number of carbonyl (C=O) groups excluding carboxylic acids is 1. The molecule has 6 nitrogen and oxygen atoms in total. The quantitative estimate of drug-likeness (QED) is 0.858. The molecule has 1 aliphatic heterocycles. The first-order valence-corrected chi connectivity index (χ1v) is 7.61. The number of hydrogen-bond donors (Lipinski definition) is 0. The van der Waals surface area contributed by atoms with Gasteiger partial charge >= 0.3 is 6.18 Å². The number of hydrogen-bond acceptors (Lipinski definition) is 3. The molecule has 3 rings (SSSR count). The number of halogens is 3. The van der Waals surface area contributed by atoms with Gasteiger partial charge in [0.15, 0.2) is 5.69 Å². The maximum absolute atomic E-state index is 12.7. The van der Waals surface area contributed by atoms with Gasteiger partial charge in [-0.3, -0.25) is 9.48 Å². The summed E-state index contributed by atoms with van der Waals surface area (Å²) in [6.45, 7) is 0.912. The van der Waals surface area contributed by atoms with E-state index in [0.717, 1.165) is 6.20 Å². The minimum absolute atomic E-state index is 0.0957. The third-order valence-electron chi connectivity index (χ3n) is 4.21. The molecule has 0 saturated heterocycles. The Bertz CT molecular complexity index is 749. The summed E-state index contributed by atoms with van der Waals surface area (Å²) in [6.07, 6.45) is 0.971. The van der Waals surface area contributed by atoms with Crippen LogP contribution in [-0.2, 0) is 26.2 Å². The number of nitrogens with zero attached hydrogens (tertiary/aromatic N) is 5. The normalized spacial score (nSPS) is 17.6. The molecule has 1 amide bonds. The van der Waals surface area contributed by atoms with Gasteiger partial charge in [-0.05, 0) is 12.3 Å². The van der Waals surface area contributed by atoms with E-state index in [1.807, 2.05) is 0 Å². The van der Waals surface area contributed by atoms with Crippen LogP contribution < -0.4 is 0 Å². The minimum Gasteiger partial charge on any atom is -0.341 e. The van der Waals surface area contributed by atoms with Gasteiger partial charge in [-0.1, -0.05) is 0 Å². The summed E-state index contributed by atoms with van der Waals surface area (Å²) in [5.74, 6) is 0.411. The van der Waals surface area contributed by atoms with E-state index in [1.165, 1.54) is 6.20 Å². The van der Waals surface area contributed by atoms with Crippen LogP contribution >= 0.6 is 0 Å². The Morgan fingerprint density at radius 3 is 2.79 bits per heavy atom. The molecule has 0 saturated carbocycles. The van der Waals surface area contributed by atoms with E-state index in [0.29, 0.717) is 37.3 Å². The molecule has 0 aromatic carbocycles. The fourth-order valence-corrected chi connectivity index (χ4v) is 3.02. The molecule has 0 radical (unpaired) electrons. The average Bonchev–Trinajstić information content (AvgIpc) is 3.11. The first-order valence-electron chi connectivity index (χ1n) is 7.61. The molecule has 9 heteroatoms. The Balaban J connectivity index is 1.65. The zero-order valence-corrected chi connectivity index (χ0v) is 13.4. The second kappa shape index (κ2) is 5.95. The SMILES string of the molecule is CN(C[C@@H]1CCc2nc(C(F)(F)F)cn2C1)C(=O)c1cnn(C)c1. The zero-order chi connectivity index (χ0) is 17.5. The molecule has 3 heterocycles. The molecule has 2 aromatic heterocycles. The Labute approximate surface area is 136 Å². The van der Waals surface area contributed by atoms with Crippen molar-refractivity contribution < 1.29 is 18.0 Å². The van der Waals surface area contributed by atoms with Crippen molar-refractivity contribution in [1.82, 2.24) is 24.2 Å². The van der Waals surface area contributed by atoms with Crippen LogP contribution in [0.15, 0.2) is 18.6 Å². The van der Waals surface area contributed by atoms with Crippen LogP contribution in [-0.4, -0.2) is 43.7 Å². The van der Waals surface area contributed by atoms with Crippen LogP contribution in [0.3, 0.4) is 0 Å². The molecule has 0 fully saturated rings. The molecular formula is C15H18F3N5O. The van der Waals surface area contributed by atoms with Gasteiger partial charge < -0.3 is 9.47 Å². The first-order chi connectivity index (χ1) is 11.2. The Morgan fingerprint density at radius 1 is 1.42 bits per heavy atom. The molecule has 0 N–H and O–H groups in total. The second-order valence-electron chi connectivity index (χ2n) is 6.19. The average molecular weight is 341 g/mol. The second-order valence-corrected chi connectivity index (χ2v) is 6.19. The molecule has 0 aliphatic carbocycles. The van der Waals surface area contributed by atoms with Gasteiger partial charge in [0.05, 0.1) is 11.8 Å². The molecule has 1 aliphatic rings. The number of alkyl halides is 3. The molecule has 24 heavy (non-hydrogen) atoms. The lowest BCUT2D eigenvalue weighted by atomic mass is 9.99. The monoisotopic (exact) mass is 341 g/mol. The maximum Gasteiger partial charge on any atom is 0.434 e. The molecule has 0 bridgehead atoms. The largest absolute Gasteiger partial charge is 0.434 e. The molecule has 0 unspecified atom stereocenters. The van der Waals surface area contributed by atoms with Gasteiger partial charge in [0, 0.05) is 46.0 Å². The molecule has 2 aromatic rings. The van der Waals surface area contributed by atoms with Crippen molar-refractivity contribution in [3.8, 4) is 0 Å². The standard InChI is InChI=1S/C15H18F3N5O/c1-21(14(24)11-5-19-22(2)8-11)6-10-3-4-13-20-12(15(16,17)18)9-23(13)7-10/h5,8-10H,3-4,6-7H2,1-2H3/t10-/m0/s1. The highest BCUT2D eigenvalue weighted by atomic mass is 19.4. The van der Waals surface area contributed by atoms with Crippen molar-refractivity contribution in [1.29, 1.82) is 0 Å². The Morgan fingerprint density at radius 2 is 2.17 bits per heavy atom. The number of aromatic nitrogens is 4. The Hall–Kier alpha value is -2.32. The molecule has 130 valence electrons. The molecular weight excluding hydrogens is 323 g/mol. The van der Waals surface area contributed by atoms with E-state index < -0.39 is 11.9 Å². The van der Waals surface area contributed by atoms with Gasteiger partial charge in [-0.15, -0.1) is 0 Å². The van der Waals surface area contributed by atoms with Crippen molar-refractivity contribution in [2.45, 2.75) is 25.6 Å². The number of fused-ring (bicyclic) bond motifs is 1. The summed E-state index contributed by atoms with van der Waals surface area (Å²) in [5, 5.41) is 3.97. The summed E-state index contributed by atoms with van der Waals surface area (Å²) in [7, 11) is 3.43. The fraction of sp³-hybridized carbons (Fsp3) is 0.533. The zero-order valence-electron chi connectivity index (χ0n) is 13.4. The smallest absolute Gasteiger partial charge is 0.341 e. The van der Waals surface area contributed by atoms with Gasteiger partial charge in [-0.25, -0.2) is 4.98 Å². The van der Waals surface area contributed by atoms with Gasteiger partial charge in [0.1, 0.15) is 5.82 Å². The van der Waals surface area contributed by atoms with Crippen LogP contribution in [0.2, 0.25) is 0 Å². The maximum atomic E-state index is 12.7. The summed E-state index contributed by atoms with van der Waals surface area (Å²) < 4.78 is 41.3. The number of carbonyl (C=O) groups is 1. The van der Waals surface area contributed by atoms with Crippen LogP contribution in [0, 0.1) is 5.92 Å². The van der Waals surface area contributed by atoms with Crippen LogP contribution in [0.4, 0.5) is 13.2 Å². The van der Waals surface area contributed by atoms with Gasteiger partial charge in [0.2, 0.25) is 0 Å². The van der Waals surface area contributed by atoms with Gasteiger partial charge in [-0.2, -0.15) is 18.3 Å². The summed E-state index contributed by atoms with van der Waals surface area (Å²) in [6, 6.07) is 0. The summed E-state index contributed by atoms with van der Waals surface area (Å²) in [4.78, 5) is 17.6. The highest BCUT2D eigenvalue weighted by Gasteiger charge is 2.36. The van der Waals surface area contributed by atoms with Gasteiger partial charge in [0.25, 0.3) is 5.91 Å². The van der Waals surface area contributed by atoms with E-state index in [-0.39, 0.29) is 11.8 Å². The molecule has 1 atom stereocenters. The van der Waals surface area contributed by atoms with Crippen LogP contribution in [0.25, 0.3) is 0 Å². The fourth-order valence-electron chi connectivity index (χ4n) is 3.02. The van der Waals surface area contributed by atoms with Crippen molar-refractivity contribution in [3.63, 3.8) is 0 Å². The molecule has 0 spiro atoms. The lowest BCUT2D eigenvalue weighted by Gasteiger charge is -2.28. The van der Waals surface area contributed by atoms with E-state index in [1.54, 1.807) is 34.4 Å². The number of amides is 1. The number of rotatable bonds is 3. The van der Waals surface area contributed by atoms with Crippen LogP contribution in [0.5, 0.6) is 0 Å². The van der Waals surface area contributed by atoms with E-state index in [4.69, 9.17) is 0 Å². The number of imidazole rings is 1. The van der Waals surface area contributed by atoms with Crippen molar-refractivity contribution >= 4 is 5.91 Å². The van der Waals surface area contributed by atoms with Crippen molar-refractivity contribution in [3.05, 3.63) is 35.7 Å². The topological polar surface area (TPSA) is 56.0 Å². The summed E-state index contributed by atoms with van der Waals surface area (Å²) >= 11 is 0. The van der Waals surface area contributed by atoms with Crippen molar-refractivity contribution in [2.24, 2.45) is 13.0 Å².